The smallest absolute Gasteiger partial charge is 0.205 e. The van der Waals surface area contributed by atoms with Crippen molar-refractivity contribution in [1.82, 2.24) is 30.0 Å². The summed E-state index contributed by atoms with van der Waals surface area (Å²) in [5, 5.41) is 15.3. The first-order valence-electron chi connectivity index (χ1n) is 6.17. The molecule has 0 unspecified atom stereocenters. The molecule has 2 aromatic heterocycles. The molecule has 0 atom stereocenters. The summed E-state index contributed by atoms with van der Waals surface area (Å²) < 4.78 is 4.33. The summed E-state index contributed by atoms with van der Waals surface area (Å²) in [6, 6.07) is 0. The zero-order valence-corrected chi connectivity index (χ0v) is 11.0. The minimum Gasteiger partial charge on any atom is -0.347 e. The largest absolute Gasteiger partial charge is 0.347 e. The van der Waals surface area contributed by atoms with E-state index in [4.69, 9.17) is 0 Å². The lowest BCUT2D eigenvalue weighted by Crippen LogP contribution is -2.33. The highest BCUT2D eigenvalue weighted by Gasteiger charge is 2.25. The quantitative estimate of drug-likeness (QED) is 0.891. The summed E-state index contributed by atoms with van der Waals surface area (Å²) in [7, 11) is 0. The number of nitrogens with zero attached hydrogens (tertiary/aromatic N) is 6. The van der Waals surface area contributed by atoms with E-state index in [-0.39, 0.29) is 0 Å². The molecule has 3 heterocycles. The third-order valence-corrected chi connectivity index (χ3v) is 4.08. The molecule has 1 N–H and O–H groups in total. The molecule has 1 aliphatic heterocycles. The van der Waals surface area contributed by atoms with Crippen molar-refractivity contribution in [3.63, 3.8) is 0 Å². The molecular weight excluding hydrogens is 250 g/mol. The van der Waals surface area contributed by atoms with Crippen LogP contribution in [0.2, 0.25) is 0 Å². The number of hydrogen-bond donors (Lipinski definition) is 1. The fourth-order valence-electron chi connectivity index (χ4n) is 2.19. The van der Waals surface area contributed by atoms with Gasteiger partial charge < -0.3 is 4.90 Å². The topological polar surface area (TPSA) is 83.5 Å². The van der Waals surface area contributed by atoms with E-state index >= 15 is 0 Å². The van der Waals surface area contributed by atoms with Crippen LogP contribution in [0.1, 0.15) is 37.3 Å². The van der Waals surface area contributed by atoms with Gasteiger partial charge in [0.25, 0.3) is 0 Å². The molecule has 0 amide bonds. The molecule has 1 aliphatic rings. The van der Waals surface area contributed by atoms with Gasteiger partial charge in [-0.2, -0.15) is 9.59 Å². The summed E-state index contributed by atoms with van der Waals surface area (Å²) >= 11 is 1.49. The summed E-state index contributed by atoms with van der Waals surface area (Å²) in [5.74, 6) is 2.19. The van der Waals surface area contributed by atoms with E-state index in [1.807, 2.05) is 0 Å². The van der Waals surface area contributed by atoms with Gasteiger partial charge in [0.1, 0.15) is 5.82 Å². The molecule has 7 nitrogen and oxygen atoms in total. The van der Waals surface area contributed by atoms with Crippen LogP contribution in [0, 0.1) is 0 Å². The number of H-pyrrole nitrogens is 1. The van der Waals surface area contributed by atoms with Gasteiger partial charge in [0, 0.05) is 37.0 Å². The lowest BCUT2D eigenvalue weighted by atomic mass is 9.97. The molecule has 0 radical (unpaired) electrons. The van der Waals surface area contributed by atoms with Crippen LogP contribution in [0.4, 0.5) is 5.13 Å². The molecule has 0 saturated carbocycles. The highest BCUT2D eigenvalue weighted by Crippen LogP contribution is 2.28. The highest BCUT2D eigenvalue weighted by atomic mass is 32.1. The van der Waals surface area contributed by atoms with Gasteiger partial charge >= 0.3 is 0 Å². The van der Waals surface area contributed by atoms with E-state index in [2.05, 4.69) is 41.8 Å². The van der Waals surface area contributed by atoms with Gasteiger partial charge in [0.05, 0.1) is 0 Å². The van der Waals surface area contributed by atoms with Crippen LogP contribution in [-0.4, -0.2) is 43.1 Å². The van der Waals surface area contributed by atoms with Crippen LogP contribution in [0.15, 0.2) is 0 Å². The molecule has 1 saturated heterocycles. The third-order valence-electron chi connectivity index (χ3n) is 3.27. The molecule has 0 spiro atoms. The number of hydrogen-bond acceptors (Lipinski definition) is 7. The van der Waals surface area contributed by atoms with Crippen molar-refractivity contribution in [3.05, 3.63) is 11.6 Å². The summed E-state index contributed by atoms with van der Waals surface area (Å²) in [6.45, 7) is 4.05. The Kier molecular flexibility index (Phi) is 3.18. The first-order chi connectivity index (χ1) is 8.86. The van der Waals surface area contributed by atoms with Gasteiger partial charge in [-0.05, 0) is 12.8 Å². The molecule has 2 aromatic rings. The number of aryl methyl sites for hydroxylation is 1. The second kappa shape index (κ2) is 4.97. The Hall–Kier alpha value is -1.57. The Morgan fingerprint density at radius 2 is 2.22 bits per heavy atom. The first kappa shape index (κ1) is 11.5. The third kappa shape index (κ3) is 2.20. The van der Waals surface area contributed by atoms with Crippen LogP contribution in [-0.2, 0) is 6.42 Å². The summed E-state index contributed by atoms with van der Waals surface area (Å²) in [5.41, 5.74) is 0. The van der Waals surface area contributed by atoms with E-state index in [9.17, 15) is 0 Å². The molecule has 0 aromatic carbocycles. The fraction of sp³-hybridized carbons (Fsp3) is 0.700. The van der Waals surface area contributed by atoms with Crippen LogP contribution < -0.4 is 4.90 Å². The minimum atomic E-state index is 0.415. The number of tetrazole rings is 1. The Balaban J connectivity index is 1.63. The van der Waals surface area contributed by atoms with Crippen LogP contribution in [0.5, 0.6) is 0 Å². The molecule has 0 bridgehead atoms. The predicted octanol–water partition coefficient (Wildman–Crippen LogP) is 0.998. The number of piperidine rings is 1. The highest BCUT2D eigenvalue weighted by molar-refractivity contribution is 7.09. The number of rotatable bonds is 3. The van der Waals surface area contributed by atoms with Crippen LogP contribution in [0.3, 0.4) is 0 Å². The van der Waals surface area contributed by atoms with Gasteiger partial charge in [-0.15, -0.1) is 10.2 Å². The van der Waals surface area contributed by atoms with Crippen molar-refractivity contribution in [2.75, 3.05) is 18.0 Å². The monoisotopic (exact) mass is 265 g/mol. The Morgan fingerprint density at radius 3 is 2.83 bits per heavy atom. The fourth-order valence-corrected chi connectivity index (χ4v) is 2.99. The molecule has 96 valence electrons. The van der Waals surface area contributed by atoms with E-state index in [1.165, 1.54) is 11.5 Å². The second-order valence-corrected chi connectivity index (χ2v) is 5.11. The average Bonchev–Trinajstić information content (AvgIpc) is 3.10. The van der Waals surface area contributed by atoms with Crippen molar-refractivity contribution in [2.24, 2.45) is 0 Å². The lowest BCUT2D eigenvalue weighted by molar-refractivity contribution is 0.485. The lowest BCUT2D eigenvalue weighted by Gasteiger charge is -2.29. The van der Waals surface area contributed by atoms with Gasteiger partial charge in [0.2, 0.25) is 5.13 Å². The number of aromatic amines is 1. The van der Waals surface area contributed by atoms with E-state index in [0.717, 1.165) is 49.1 Å². The SMILES string of the molecule is CCc1nsc(N2CCC(c3nn[nH]n3)CC2)n1. The van der Waals surface area contributed by atoms with Gasteiger partial charge in [0.15, 0.2) is 5.82 Å². The molecule has 3 rings (SSSR count). The number of anilines is 1. The Bertz CT molecular complexity index is 486. The van der Waals surface area contributed by atoms with Crippen molar-refractivity contribution >= 4 is 16.7 Å². The van der Waals surface area contributed by atoms with Crippen LogP contribution in [0.25, 0.3) is 0 Å². The maximum atomic E-state index is 4.52. The standard InChI is InChI=1S/C10H15N7S/c1-2-8-11-10(18-14-8)17-5-3-7(4-6-17)9-12-15-16-13-9/h7H,2-6H2,1H3,(H,12,13,15,16). The Morgan fingerprint density at radius 1 is 1.39 bits per heavy atom. The van der Waals surface area contributed by atoms with Crippen LogP contribution >= 0.6 is 11.5 Å². The second-order valence-electron chi connectivity index (χ2n) is 4.38. The number of nitrogens with one attached hydrogen (secondary N) is 1. The van der Waals surface area contributed by atoms with Crippen molar-refractivity contribution in [3.8, 4) is 0 Å². The maximum Gasteiger partial charge on any atom is 0.205 e. The van der Waals surface area contributed by atoms with Crippen molar-refractivity contribution in [2.45, 2.75) is 32.1 Å². The predicted molar refractivity (Wildman–Crippen MR) is 67.7 cm³/mol. The average molecular weight is 265 g/mol. The number of aromatic nitrogens is 6. The molecular formula is C10H15N7S. The van der Waals surface area contributed by atoms with Crippen molar-refractivity contribution < 1.29 is 0 Å². The van der Waals surface area contributed by atoms with E-state index in [0.29, 0.717) is 5.92 Å². The van der Waals surface area contributed by atoms with E-state index < -0.39 is 0 Å². The molecule has 18 heavy (non-hydrogen) atoms. The van der Waals surface area contributed by atoms with Gasteiger partial charge in [-0.1, -0.05) is 12.1 Å². The molecule has 8 heteroatoms. The van der Waals surface area contributed by atoms with Gasteiger partial charge in [-0.25, -0.2) is 4.98 Å². The van der Waals surface area contributed by atoms with E-state index in [1.54, 1.807) is 0 Å². The van der Waals surface area contributed by atoms with Crippen molar-refractivity contribution in [1.29, 1.82) is 0 Å². The normalized spacial score (nSPS) is 17.3. The van der Waals surface area contributed by atoms with Gasteiger partial charge in [-0.3, -0.25) is 0 Å². The zero-order valence-electron chi connectivity index (χ0n) is 10.2. The first-order valence-corrected chi connectivity index (χ1v) is 6.95. The summed E-state index contributed by atoms with van der Waals surface area (Å²) in [6.07, 6.45) is 2.98. The zero-order chi connectivity index (χ0) is 12.4. The Labute approximate surface area is 109 Å². The molecule has 1 fully saturated rings. The maximum absolute atomic E-state index is 4.52. The summed E-state index contributed by atoms with van der Waals surface area (Å²) in [4.78, 5) is 6.82. The molecule has 0 aliphatic carbocycles. The minimum absolute atomic E-state index is 0.415.